The molecule has 1 aromatic rings. The van der Waals surface area contributed by atoms with Crippen LogP contribution in [0, 0.1) is 5.82 Å². The van der Waals surface area contributed by atoms with Crippen molar-refractivity contribution in [3.05, 3.63) is 32.9 Å². The van der Waals surface area contributed by atoms with Crippen LogP contribution in [0.2, 0.25) is 0 Å². The van der Waals surface area contributed by atoms with Crippen LogP contribution in [-0.2, 0) is 11.3 Å². The van der Waals surface area contributed by atoms with E-state index in [1.807, 2.05) is 11.9 Å². The van der Waals surface area contributed by atoms with E-state index in [2.05, 4.69) is 5.32 Å². The Labute approximate surface area is 97.4 Å². The standard InChI is InChI=1S/C10H16FN3O3/c1-2-17-6-4-12-3-5-14-7-8(11)9(15)13-10(14)16/h7,12H,2-6H2,1H3,(H,13,15,16). The largest absolute Gasteiger partial charge is 0.380 e. The summed E-state index contributed by atoms with van der Waals surface area (Å²) in [6.07, 6.45) is 0.908. The lowest BCUT2D eigenvalue weighted by Crippen LogP contribution is -2.34. The summed E-state index contributed by atoms with van der Waals surface area (Å²) in [6, 6.07) is 0. The molecule has 17 heavy (non-hydrogen) atoms. The van der Waals surface area contributed by atoms with Crippen LogP contribution in [0.1, 0.15) is 6.92 Å². The summed E-state index contributed by atoms with van der Waals surface area (Å²) in [4.78, 5) is 23.9. The summed E-state index contributed by atoms with van der Waals surface area (Å²) in [5.41, 5.74) is -1.60. The Balaban J connectivity index is 2.39. The summed E-state index contributed by atoms with van der Waals surface area (Å²) in [5.74, 6) is -0.959. The predicted molar refractivity (Wildman–Crippen MR) is 60.6 cm³/mol. The van der Waals surface area contributed by atoms with E-state index in [1.165, 1.54) is 0 Å². The molecule has 0 amide bonds. The highest BCUT2D eigenvalue weighted by molar-refractivity contribution is 4.87. The van der Waals surface area contributed by atoms with Crippen molar-refractivity contribution in [3.63, 3.8) is 0 Å². The molecule has 6 nitrogen and oxygen atoms in total. The van der Waals surface area contributed by atoms with E-state index in [0.29, 0.717) is 32.8 Å². The monoisotopic (exact) mass is 245 g/mol. The zero-order valence-electron chi connectivity index (χ0n) is 9.66. The van der Waals surface area contributed by atoms with E-state index in [1.54, 1.807) is 0 Å². The van der Waals surface area contributed by atoms with Gasteiger partial charge in [-0.15, -0.1) is 0 Å². The number of halogens is 1. The van der Waals surface area contributed by atoms with E-state index in [4.69, 9.17) is 4.74 Å². The Morgan fingerprint density at radius 3 is 2.94 bits per heavy atom. The highest BCUT2D eigenvalue weighted by Gasteiger charge is 2.02. The van der Waals surface area contributed by atoms with Gasteiger partial charge in [-0.1, -0.05) is 0 Å². The molecule has 0 aliphatic rings. The maximum atomic E-state index is 12.9. The maximum absolute atomic E-state index is 12.9. The Bertz CT molecular complexity index is 455. The van der Waals surface area contributed by atoms with E-state index < -0.39 is 17.1 Å². The normalized spacial score (nSPS) is 10.7. The average molecular weight is 245 g/mol. The molecule has 0 saturated carbocycles. The lowest BCUT2D eigenvalue weighted by atomic mass is 10.5. The molecule has 0 aromatic carbocycles. The molecule has 7 heteroatoms. The first-order valence-electron chi connectivity index (χ1n) is 5.43. The number of H-pyrrole nitrogens is 1. The highest BCUT2D eigenvalue weighted by Crippen LogP contribution is 1.83. The van der Waals surface area contributed by atoms with Crippen molar-refractivity contribution in [3.8, 4) is 0 Å². The molecule has 0 aliphatic carbocycles. The maximum Gasteiger partial charge on any atom is 0.328 e. The molecular formula is C10H16FN3O3. The van der Waals surface area contributed by atoms with E-state index in [0.717, 1.165) is 10.8 Å². The molecule has 0 atom stereocenters. The van der Waals surface area contributed by atoms with Gasteiger partial charge in [-0.3, -0.25) is 14.3 Å². The Hall–Kier alpha value is -1.47. The second kappa shape index (κ2) is 6.97. The number of aromatic nitrogens is 2. The van der Waals surface area contributed by atoms with Crippen molar-refractivity contribution >= 4 is 0 Å². The van der Waals surface area contributed by atoms with E-state index in [-0.39, 0.29) is 0 Å². The molecule has 0 radical (unpaired) electrons. The van der Waals surface area contributed by atoms with Crippen LogP contribution in [0.5, 0.6) is 0 Å². The molecule has 0 bridgehead atoms. The van der Waals surface area contributed by atoms with Gasteiger partial charge in [-0.05, 0) is 6.92 Å². The second-order valence-electron chi connectivity index (χ2n) is 3.38. The molecular weight excluding hydrogens is 229 g/mol. The van der Waals surface area contributed by atoms with Gasteiger partial charge in [0.15, 0.2) is 0 Å². The molecule has 0 aliphatic heterocycles. The molecule has 0 saturated heterocycles. The van der Waals surface area contributed by atoms with Crippen molar-refractivity contribution in [2.45, 2.75) is 13.5 Å². The molecule has 1 rings (SSSR count). The van der Waals surface area contributed by atoms with Crippen LogP contribution < -0.4 is 16.6 Å². The highest BCUT2D eigenvalue weighted by atomic mass is 19.1. The van der Waals surface area contributed by atoms with E-state index >= 15 is 0 Å². The Kier molecular flexibility index (Phi) is 5.58. The topological polar surface area (TPSA) is 76.1 Å². The summed E-state index contributed by atoms with van der Waals surface area (Å²) in [7, 11) is 0. The summed E-state index contributed by atoms with van der Waals surface area (Å²) in [5, 5.41) is 3.03. The van der Waals surface area contributed by atoms with Crippen LogP contribution >= 0.6 is 0 Å². The van der Waals surface area contributed by atoms with Gasteiger partial charge in [0.25, 0.3) is 5.56 Å². The molecule has 2 N–H and O–H groups in total. The Morgan fingerprint density at radius 2 is 2.24 bits per heavy atom. The van der Waals surface area contributed by atoms with Gasteiger partial charge in [0.2, 0.25) is 5.82 Å². The van der Waals surface area contributed by atoms with Gasteiger partial charge in [0.1, 0.15) is 0 Å². The smallest absolute Gasteiger partial charge is 0.328 e. The van der Waals surface area contributed by atoms with Crippen molar-refractivity contribution in [2.75, 3.05) is 26.3 Å². The van der Waals surface area contributed by atoms with Gasteiger partial charge in [-0.2, -0.15) is 4.39 Å². The minimum Gasteiger partial charge on any atom is -0.380 e. The van der Waals surface area contributed by atoms with Crippen LogP contribution in [-0.4, -0.2) is 35.9 Å². The quantitative estimate of drug-likeness (QED) is 0.623. The number of ether oxygens (including phenoxy) is 1. The zero-order valence-corrected chi connectivity index (χ0v) is 9.66. The SMILES string of the molecule is CCOCCNCCn1cc(F)c(=O)[nH]c1=O. The molecule has 0 spiro atoms. The van der Waals surface area contributed by atoms with Crippen molar-refractivity contribution in [1.29, 1.82) is 0 Å². The fourth-order valence-electron chi connectivity index (χ4n) is 1.26. The first-order valence-corrected chi connectivity index (χ1v) is 5.43. The number of hydrogen-bond donors (Lipinski definition) is 2. The van der Waals surface area contributed by atoms with Crippen LogP contribution in [0.25, 0.3) is 0 Å². The predicted octanol–water partition coefficient (Wildman–Crippen LogP) is -0.698. The van der Waals surface area contributed by atoms with Crippen LogP contribution in [0.15, 0.2) is 15.8 Å². The summed E-state index contributed by atoms with van der Waals surface area (Å²) in [6.45, 7) is 4.60. The minimum atomic E-state index is -0.990. The summed E-state index contributed by atoms with van der Waals surface area (Å²) >= 11 is 0. The van der Waals surface area contributed by atoms with Crippen molar-refractivity contribution < 1.29 is 9.13 Å². The van der Waals surface area contributed by atoms with Crippen molar-refractivity contribution in [1.82, 2.24) is 14.9 Å². The third-order valence-corrected chi connectivity index (χ3v) is 2.12. The van der Waals surface area contributed by atoms with Crippen LogP contribution in [0.4, 0.5) is 4.39 Å². The number of nitrogens with one attached hydrogen (secondary N) is 2. The lowest BCUT2D eigenvalue weighted by molar-refractivity contribution is 0.149. The molecule has 0 unspecified atom stereocenters. The van der Waals surface area contributed by atoms with Gasteiger partial charge < -0.3 is 10.1 Å². The first kappa shape index (κ1) is 13.6. The lowest BCUT2D eigenvalue weighted by Gasteiger charge is -2.06. The van der Waals surface area contributed by atoms with Gasteiger partial charge >= 0.3 is 5.69 Å². The molecule has 96 valence electrons. The summed E-state index contributed by atoms with van der Waals surface area (Å²) < 4.78 is 19.1. The third-order valence-electron chi connectivity index (χ3n) is 2.12. The number of aromatic amines is 1. The fourth-order valence-corrected chi connectivity index (χ4v) is 1.26. The second-order valence-corrected chi connectivity index (χ2v) is 3.38. The third kappa shape index (κ3) is 4.49. The number of nitrogens with zero attached hydrogens (tertiary/aromatic N) is 1. The minimum absolute atomic E-state index is 0.290. The van der Waals surface area contributed by atoms with Crippen LogP contribution in [0.3, 0.4) is 0 Å². The molecule has 1 heterocycles. The number of rotatable bonds is 7. The van der Waals surface area contributed by atoms with Crippen molar-refractivity contribution in [2.24, 2.45) is 0 Å². The zero-order chi connectivity index (χ0) is 12.7. The Morgan fingerprint density at radius 1 is 1.47 bits per heavy atom. The van der Waals surface area contributed by atoms with E-state index in [9.17, 15) is 14.0 Å². The molecule has 0 fully saturated rings. The number of hydrogen-bond acceptors (Lipinski definition) is 4. The van der Waals surface area contributed by atoms with Gasteiger partial charge in [0.05, 0.1) is 12.8 Å². The first-order chi connectivity index (χ1) is 8.15. The average Bonchev–Trinajstić information content (AvgIpc) is 2.30. The van der Waals surface area contributed by atoms with Gasteiger partial charge in [-0.25, -0.2) is 4.79 Å². The fraction of sp³-hybridized carbons (Fsp3) is 0.600. The molecule has 1 aromatic heterocycles. The van der Waals surface area contributed by atoms with Gasteiger partial charge in [0, 0.05) is 26.2 Å².